The summed E-state index contributed by atoms with van der Waals surface area (Å²) in [5.74, 6) is -0.187. The van der Waals surface area contributed by atoms with E-state index >= 15 is 0 Å². The van der Waals surface area contributed by atoms with Crippen LogP contribution in [0.3, 0.4) is 0 Å². The first kappa shape index (κ1) is 24.3. The predicted octanol–water partition coefficient (Wildman–Crippen LogP) is 4.98. The van der Waals surface area contributed by atoms with Crippen LogP contribution in [0, 0.1) is 20.8 Å². The van der Waals surface area contributed by atoms with Gasteiger partial charge in [0.05, 0.1) is 26.4 Å². The van der Waals surface area contributed by atoms with Crippen molar-refractivity contribution in [1.82, 2.24) is 9.88 Å². The molecule has 0 saturated carbocycles. The second-order valence-corrected chi connectivity index (χ2v) is 11.8. The molecule has 1 aliphatic heterocycles. The zero-order valence-electron chi connectivity index (χ0n) is 20.5. The Bertz CT molecular complexity index is 1500. The minimum absolute atomic E-state index is 0.158. The van der Waals surface area contributed by atoms with Gasteiger partial charge in [-0.15, -0.1) is 0 Å². The van der Waals surface area contributed by atoms with Crippen LogP contribution in [0.2, 0.25) is 0 Å². The number of aromatic nitrogens is 1. The maximum Gasteiger partial charge on any atom is 0.261 e. The molecule has 36 heavy (non-hydrogen) atoms. The third-order valence-corrected chi connectivity index (χ3v) is 9.13. The van der Waals surface area contributed by atoms with Gasteiger partial charge in [-0.2, -0.15) is 0 Å². The van der Waals surface area contributed by atoms with Gasteiger partial charge in [0.2, 0.25) is 0 Å². The molecule has 4 aromatic rings. The number of rotatable bonds is 5. The van der Waals surface area contributed by atoms with Crippen LogP contribution >= 0.6 is 11.3 Å². The summed E-state index contributed by atoms with van der Waals surface area (Å²) in [5, 5.41) is 0.973. The van der Waals surface area contributed by atoms with Gasteiger partial charge in [-0.05, 0) is 56.2 Å². The molecule has 0 spiro atoms. The normalized spacial score (nSPS) is 14.3. The number of hydrogen-bond donors (Lipinski definition) is 1. The predicted molar refractivity (Wildman–Crippen MR) is 146 cm³/mol. The van der Waals surface area contributed by atoms with Gasteiger partial charge in [-0.1, -0.05) is 53.3 Å². The number of nitrogens with one attached hydrogen (secondary N) is 1. The Morgan fingerprint density at radius 2 is 1.56 bits per heavy atom. The molecule has 0 bridgehead atoms. The van der Waals surface area contributed by atoms with Crippen LogP contribution in [0.4, 0.5) is 10.8 Å². The Hall–Kier alpha value is -3.43. The summed E-state index contributed by atoms with van der Waals surface area (Å²) in [6.45, 7) is 8.48. The fourth-order valence-electron chi connectivity index (χ4n) is 4.33. The molecular weight excluding hydrogens is 492 g/mol. The summed E-state index contributed by atoms with van der Waals surface area (Å²) in [6.07, 6.45) is 0. The molecule has 186 valence electrons. The lowest BCUT2D eigenvalue weighted by molar-refractivity contribution is 0.0748. The van der Waals surface area contributed by atoms with E-state index in [2.05, 4.69) is 35.6 Å². The van der Waals surface area contributed by atoms with Crippen molar-refractivity contribution in [3.05, 3.63) is 82.9 Å². The van der Waals surface area contributed by atoms with E-state index < -0.39 is 10.0 Å². The minimum atomic E-state index is -3.82. The van der Waals surface area contributed by atoms with E-state index in [1.807, 2.05) is 6.92 Å². The molecule has 0 aliphatic carbocycles. The van der Waals surface area contributed by atoms with Crippen molar-refractivity contribution in [2.24, 2.45) is 0 Å². The fourth-order valence-corrected chi connectivity index (χ4v) is 6.58. The van der Waals surface area contributed by atoms with Crippen LogP contribution in [-0.4, -0.2) is 50.4 Å². The number of benzene rings is 3. The highest BCUT2D eigenvalue weighted by atomic mass is 32.2. The maximum atomic E-state index is 13.4. The van der Waals surface area contributed by atoms with Gasteiger partial charge in [-0.3, -0.25) is 9.52 Å². The molecule has 0 atom stereocenters. The molecule has 9 heteroatoms. The van der Waals surface area contributed by atoms with Gasteiger partial charge in [0.1, 0.15) is 0 Å². The van der Waals surface area contributed by atoms with Crippen LogP contribution in [0.15, 0.2) is 65.6 Å². The van der Waals surface area contributed by atoms with E-state index in [1.165, 1.54) is 10.3 Å². The van der Waals surface area contributed by atoms with Crippen molar-refractivity contribution in [2.75, 3.05) is 35.8 Å². The van der Waals surface area contributed by atoms with Gasteiger partial charge in [0.15, 0.2) is 5.13 Å². The smallest absolute Gasteiger partial charge is 0.261 e. The lowest BCUT2D eigenvalue weighted by Crippen LogP contribution is -2.48. The van der Waals surface area contributed by atoms with Crippen LogP contribution in [0.1, 0.15) is 27.0 Å². The topological polar surface area (TPSA) is 82.6 Å². The molecule has 1 amide bonds. The largest absolute Gasteiger partial charge is 0.345 e. The number of sulfonamides is 1. The van der Waals surface area contributed by atoms with E-state index in [9.17, 15) is 13.2 Å². The molecule has 1 N–H and O–H groups in total. The molecular formula is C27H28N4O3S2. The van der Waals surface area contributed by atoms with Gasteiger partial charge in [0, 0.05) is 26.2 Å². The Balaban J connectivity index is 1.31. The van der Waals surface area contributed by atoms with Crippen molar-refractivity contribution >= 4 is 48.3 Å². The van der Waals surface area contributed by atoms with Crippen LogP contribution in [-0.2, 0) is 10.0 Å². The Morgan fingerprint density at radius 3 is 2.25 bits per heavy atom. The molecule has 0 unspecified atom stereocenters. The summed E-state index contributed by atoms with van der Waals surface area (Å²) >= 11 is 1.69. The maximum absolute atomic E-state index is 13.4. The number of nitrogens with zero attached hydrogens (tertiary/aromatic N) is 3. The van der Waals surface area contributed by atoms with Crippen molar-refractivity contribution in [3.63, 3.8) is 0 Å². The van der Waals surface area contributed by atoms with Gasteiger partial charge in [0.25, 0.3) is 15.9 Å². The quantitative estimate of drug-likeness (QED) is 0.401. The second-order valence-electron chi connectivity index (χ2n) is 9.12. The van der Waals surface area contributed by atoms with E-state index in [0.717, 1.165) is 21.8 Å². The van der Waals surface area contributed by atoms with Crippen molar-refractivity contribution < 1.29 is 13.2 Å². The highest BCUT2D eigenvalue weighted by molar-refractivity contribution is 7.92. The van der Waals surface area contributed by atoms with E-state index in [-0.39, 0.29) is 16.5 Å². The SMILES string of the molecule is Cc1ccc(S(=O)(=O)Nc2ccccc2C(=O)N2CCN(c3nc4c(C)ccc(C)c4s3)CC2)cc1. The van der Waals surface area contributed by atoms with Crippen LogP contribution in [0.25, 0.3) is 10.2 Å². The van der Waals surface area contributed by atoms with Crippen LogP contribution in [0.5, 0.6) is 0 Å². The monoisotopic (exact) mass is 520 g/mol. The third-order valence-electron chi connectivity index (χ3n) is 6.50. The zero-order chi connectivity index (χ0) is 25.4. The summed E-state index contributed by atoms with van der Waals surface area (Å²) in [7, 11) is -3.82. The van der Waals surface area contributed by atoms with Gasteiger partial charge in [-0.25, -0.2) is 13.4 Å². The lowest BCUT2D eigenvalue weighted by Gasteiger charge is -2.34. The molecule has 1 fully saturated rings. The zero-order valence-corrected chi connectivity index (χ0v) is 22.1. The Kier molecular flexibility index (Phi) is 6.44. The van der Waals surface area contributed by atoms with Gasteiger partial charge < -0.3 is 9.80 Å². The average molecular weight is 521 g/mol. The van der Waals surface area contributed by atoms with Crippen LogP contribution < -0.4 is 9.62 Å². The van der Waals surface area contributed by atoms with Gasteiger partial charge >= 0.3 is 0 Å². The van der Waals surface area contributed by atoms with Crippen molar-refractivity contribution in [2.45, 2.75) is 25.7 Å². The number of anilines is 2. The number of carbonyl (C=O) groups is 1. The number of aryl methyl sites for hydroxylation is 3. The minimum Gasteiger partial charge on any atom is -0.345 e. The standard InChI is InChI=1S/C27H28N4O3S2/c1-18-8-12-21(13-9-18)36(33,34)29-23-7-5-4-6-22(23)26(32)30-14-16-31(17-15-30)27-28-24-19(2)10-11-20(3)25(24)35-27/h4-13,29H,14-17H2,1-3H3. The second kappa shape index (κ2) is 9.55. The van der Waals surface area contributed by atoms with Crippen molar-refractivity contribution in [3.8, 4) is 0 Å². The summed E-state index contributed by atoms with van der Waals surface area (Å²) < 4.78 is 29.7. The number of piperazine rings is 1. The summed E-state index contributed by atoms with van der Waals surface area (Å²) in [6, 6.07) is 17.6. The first-order chi connectivity index (χ1) is 17.2. The number of amides is 1. The molecule has 1 aliphatic rings. The third kappa shape index (κ3) is 4.68. The number of carbonyl (C=O) groups excluding carboxylic acids is 1. The molecule has 5 rings (SSSR count). The van der Waals surface area contributed by atoms with Crippen molar-refractivity contribution in [1.29, 1.82) is 0 Å². The number of fused-ring (bicyclic) bond motifs is 1. The van der Waals surface area contributed by atoms with E-state index in [1.54, 1.807) is 64.8 Å². The number of hydrogen-bond acceptors (Lipinski definition) is 6. The highest BCUT2D eigenvalue weighted by Crippen LogP contribution is 2.33. The number of para-hydroxylation sites is 1. The molecule has 7 nitrogen and oxygen atoms in total. The molecule has 1 aromatic heterocycles. The van der Waals surface area contributed by atoms with E-state index in [4.69, 9.17) is 4.98 Å². The molecule has 2 heterocycles. The van der Waals surface area contributed by atoms with E-state index in [0.29, 0.717) is 31.7 Å². The first-order valence-electron chi connectivity index (χ1n) is 11.8. The molecule has 1 saturated heterocycles. The number of thiazole rings is 1. The summed E-state index contributed by atoms with van der Waals surface area (Å²) in [4.78, 5) is 22.5. The Morgan fingerprint density at radius 1 is 0.889 bits per heavy atom. The lowest BCUT2D eigenvalue weighted by atomic mass is 10.1. The summed E-state index contributed by atoms with van der Waals surface area (Å²) in [5.41, 5.74) is 5.02. The average Bonchev–Trinajstić information content (AvgIpc) is 3.33. The molecule has 3 aromatic carbocycles. The fraction of sp³-hybridized carbons (Fsp3) is 0.259. The molecule has 0 radical (unpaired) electrons. The first-order valence-corrected chi connectivity index (χ1v) is 14.1. The Labute approximate surface area is 215 Å². The highest BCUT2D eigenvalue weighted by Gasteiger charge is 2.27.